The molecule has 3 N–H and O–H groups in total. The van der Waals surface area contributed by atoms with Crippen molar-refractivity contribution in [1.82, 2.24) is 4.90 Å². The first kappa shape index (κ1) is 21.8. The number of hydrogen-bond donors (Lipinski definition) is 2. The Balaban J connectivity index is 1.67. The van der Waals surface area contributed by atoms with E-state index in [1.165, 1.54) is 5.56 Å². The predicted molar refractivity (Wildman–Crippen MR) is 117 cm³/mol. The summed E-state index contributed by atoms with van der Waals surface area (Å²) in [5.74, 6) is 0.0824. The second-order valence-electron chi connectivity index (χ2n) is 7.54. The number of sulfonamides is 1. The maximum absolute atomic E-state index is 13.0. The van der Waals surface area contributed by atoms with Crippen molar-refractivity contribution in [2.45, 2.75) is 25.7 Å². The number of hydrogen-bond acceptors (Lipinski definition) is 5. The normalized spacial score (nSPS) is 14.9. The molecule has 2 aromatic rings. The molecular formula is C22H26N4O3S. The van der Waals surface area contributed by atoms with Crippen LogP contribution in [-0.2, 0) is 10.0 Å². The van der Waals surface area contributed by atoms with Gasteiger partial charge in [0.2, 0.25) is 10.0 Å². The van der Waals surface area contributed by atoms with Gasteiger partial charge in [0.25, 0.3) is 5.91 Å². The van der Waals surface area contributed by atoms with Crippen LogP contribution >= 0.6 is 0 Å². The Morgan fingerprint density at radius 1 is 1.20 bits per heavy atom. The van der Waals surface area contributed by atoms with Crippen molar-refractivity contribution in [2.75, 3.05) is 30.1 Å². The van der Waals surface area contributed by atoms with Gasteiger partial charge in [-0.05, 0) is 61.1 Å². The van der Waals surface area contributed by atoms with Crippen molar-refractivity contribution in [1.29, 1.82) is 5.26 Å². The van der Waals surface area contributed by atoms with Gasteiger partial charge in [-0.25, -0.2) is 8.42 Å². The molecule has 1 aliphatic rings. The molecule has 2 aromatic carbocycles. The second-order valence-corrected chi connectivity index (χ2v) is 9.38. The lowest BCUT2D eigenvalue weighted by Gasteiger charge is -2.32. The highest BCUT2D eigenvalue weighted by Crippen LogP contribution is 2.29. The van der Waals surface area contributed by atoms with E-state index in [0.717, 1.165) is 18.4 Å². The van der Waals surface area contributed by atoms with E-state index in [9.17, 15) is 13.2 Å². The lowest BCUT2D eigenvalue weighted by Crippen LogP contribution is -2.38. The zero-order valence-electron chi connectivity index (χ0n) is 17.0. The van der Waals surface area contributed by atoms with Gasteiger partial charge in [0.1, 0.15) is 0 Å². The van der Waals surface area contributed by atoms with Gasteiger partial charge in [-0.2, -0.15) is 5.26 Å². The number of aryl methyl sites for hydroxylation is 1. The Morgan fingerprint density at radius 3 is 2.47 bits per heavy atom. The fraction of sp³-hybridized carbons (Fsp3) is 0.364. The fourth-order valence-corrected chi connectivity index (χ4v) is 4.63. The van der Waals surface area contributed by atoms with Crippen molar-refractivity contribution in [3.8, 4) is 6.07 Å². The molecule has 158 valence electrons. The van der Waals surface area contributed by atoms with Crippen LogP contribution in [0.4, 0.5) is 5.69 Å². The average molecular weight is 427 g/mol. The van der Waals surface area contributed by atoms with Gasteiger partial charge >= 0.3 is 0 Å². The Hall–Kier alpha value is -2.89. The van der Waals surface area contributed by atoms with Crippen LogP contribution in [0.1, 0.15) is 45.8 Å². The van der Waals surface area contributed by atoms with Gasteiger partial charge < -0.3 is 10.6 Å². The largest absolute Gasteiger partial charge is 0.339 e. The molecule has 0 aliphatic carbocycles. The number of nitriles is 1. The fourth-order valence-electron chi connectivity index (χ4n) is 3.67. The summed E-state index contributed by atoms with van der Waals surface area (Å²) in [7, 11) is -3.54. The summed E-state index contributed by atoms with van der Waals surface area (Å²) in [5, 5.41) is 8.93. The van der Waals surface area contributed by atoms with E-state index < -0.39 is 10.0 Å². The molecule has 1 amide bonds. The van der Waals surface area contributed by atoms with Gasteiger partial charge in [0, 0.05) is 25.2 Å². The van der Waals surface area contributed by atoms with Gasteiger partial charge in [-0.3, -0.25) is 9.52 Å². The lowest BCUT2D eigenvalue weighted by molar-refractivity contribution is 0.0713. The highest BCUT2D eigenvalue weighted by atomic mass is 32.2. The topological polar surface area (TPSA) is 116 Å². The van der Waals surface area contributed by atoms with E-state index in [1.54, 1.807) is 25.1 Å². The minimum Gasteiger partial charge on any atom is -0.339 e. The number of carbonyl (C=O) groups excluding carboxylic acids is 1. The zero-order chi connectivity index (χ0) is 21.7. The minimum atomic E-state index is -3.54. The van der Waals surface area contributed by atoms with Crippen LogP contribution in [0.25, 0.3) is 0 Å². The standard InChI is InChI=1S/C22H26N4O3S/c1-16-2-5-20(14-21(16)25-30(28,29)13-10-23)22(27)26-11-8-19(9-12-26)18-6-3-17(15-24)4-7-18/h2-7,14,19,25H,8-13,23H2,1H3. The molecule has 0 aromatic heterocycles. The number of nitrogens with two attached hydrogens (primary N) is 1. The summed E-state index contributed by atoms with van der Waals surface area (Å²) < 4.78 is 26.6. The Kier molecular flexibility index (Phi) is 6.75. The number of nitrogens with one attached hydrogen (secondary N) is 1. The predicted octanol–water partition coefficient (Wildman–Crippen LogP) is 2.59. The number of amides is 1. The Bertz CT molecular complexity index is 1050. The third-order valence-corrected chi connectivity index (χ3v) is 6.73. The van der Waals surface area contributed by atoms with E-state index in [-0.39, 0.29) is 18.2 Å². The third kappa shape index (κ3) is 5.17. The second kappa shape index (κ2) is 9.28. The first-order valence-corrected chi connectivity index (χ1v) is 11.6. The number of benzene rings is 2. The molecule has 1 aliphatic heterocycles. The number of rotatable bonds is 6. The zero-order valence-corrected chi connectivity index (χ0v) is 17.8. The van der Waals surface area contributed by atoms with Gasteiger partial charge in [-0.15, -0.1) is 0 Å². The molecule has 0 radical (unpaired) electrons. The first-order chi connectivity index (χ1) is 14.3. The quantitative estimate of drug-likeness (QED) is 0.736. The number of anilines is 1. The van der Waals surface area contributed by atoms with E-state index >= 15 is 0 Å². The number of likely N-dealkylation sites (tertiary alicyclic amines) is 1. The molecular weight excluding hydrogens is 400 g/mol. The molecule has 0 atom stereocenters. The van der Waals surface area contributed by atoms with Crippen LogP contribution in [0.5, 0.6) is 0 Å². The van der Waals surface area contributed by atoms with Crippen molar-refractivity contribution in [3.63, 3.8) is 0 Å². The van der Waals surface area contributed by atoms with Crippen LogP contribution in [-0.4, -0.2) is 44.6 Å². The van der Waals surface area contributed by atoms with Crippen molar-refractivity contribution >= 4 is 21.6 Å². The Morgan fingerprint density at radius 2 is 1.87 bits per heavy atom. The van der Waals surface area contributed by atoms with E-state index in [2.05, 4.69) is 10.8 Å². The van der Waals surface area contributed by atoms with E-state index in [1.807, 2.05) is 29.2 Å². The SMILES string of the molecule is Cc1ccc(C(=O)N2CCC(c3ccc(C#N)cc3)CC2)cc1NS(=O)(=O)CCN. The van der Waals surface area contributed by atoms with Crippen molar-refractivity contribution < 1.29 is 13.2 Å². The van der Waals surface area contributed by atoms with Crippen LogP contribution in [0.3, 0.4) is 0 Å². The maximum Gasteiger partial charge on any atom is 0.253 e. The molecule has 0 unspecified atom stereocenters. The highest BCUT2D eigenvalue weighted by molar-refractivity contribution is 7.92. The minimum absolute atomic E-state index is 0.0290. The van der Waals surface area contributed by atoms with Crippen LogP contribution in [0, 0.1) is 18.3 Å². The number of carbonyl (C=O) groups is 1. The van der Waals surface area contributed by atoms with Crippen LogP contribution < -0.4 is 10.5 Å². The summed E-state index contributed by atoms with van der Waals surface area (Å²) in [6.45, 7) is 3.08. The molecule has 1 fully saturated rings. The van der Waals surface area contributed by atoms with Crippen LogP contribution in [0.15, 0.2) is 42.5 Å². The lowest BCUT2D eigenvalue weighted by atomic mass is 9.89. The van der Waals surface area contributed by atoms with Crippen LogP contribution in [0.2, 0.25) is 0 Å². The third-order valence-electron chi connectivity index (χ3n) is 5.43. The molecule has 0 saturated carbocycles. The smallest absolute Gasteiger partial charge is 0.253 e. The summed E-state index contributed by atoms with van der Waals surface area (Å²) in [6.07, 6.45) is 1.69. The average Bonchev–Trinajstić information content (AvgIpc) is 2.75. The summed E-state index contributed by atoms with van der Waals surface area (Å²) in [6, 6.07) is 14.8. The first-order valence-electron chi connectivity index (χ1n) is 9.93. The van der Waals surface area contributed by atoms with Gasteiger partial charge in [0.15, 0.2) is 0 Å². The molecule has 8 heteroatoms. The summed E-state index contributed by atoms with van der Waals surface area (Å²) in [5.41, 5.74) is 8.79. The monoisotopic (exact) mass is 426 g/mol. The summed E-state index contributed by atoms with van der Waals surface area (Å²) >= 11 is 0. The summed E-state index contributed by atoms with van der Waals surface area (Å²) in [4.78, 5) is 14.8. The highest BCUT2D eigenvalue weighted by Gasteiger charge is 2.25. The van der Waals surface area contributed by atoms with E-state index in [0.29, 0.717) is 35.8 Å². The maximum atomic E-state index is 13.0. The van der Waals surface area contributed by atoms with Gasteiger partial charge in [0.05, 0.1) is 23.1 Å². The van der Waals surface area contributed by atoms with Crippen molar-refractivity contribution in [3.05, 3.63) is 64.7 Å². The van der Waals surface area contributed by atoms with E-state index in [4.69, 9.17) is 11.0 Å². The van der Waals surface area contributed by atoms with Gasteiger partial charge in [-0.1, -0.05) is 18.2 Å². The molecule has 30 heavy (non-hydrogen) atoms. The number of piperidine rings is 1. The molecule has 1 saturated heterocycles. The molecule has 0 bridgehead atoms. The Labute approximate surface area is 177 Å². The number of nitrogens with zero attached hydrogens (tertiary/aromatic N) is 2. The molecule has 1 heterocycles. The molecule has 3 rings (SSSR count). The van der Waals surface area contributed by atoms with Crippen molar-refractivity contribution in [2.24, 2.45) is 5.73 Å². The molecule has 0 spiro atoms. The molecule has 7 nitrogen and oxygen atoms in total.